The highest BCUT2D eigenvalue weighted by Gasteiger charge is 2.32. The van der Waals surface area contributed by atoms with Gasteiger partial charge >= 0.3 is 0 Å². The molecular formula is C9H22NO+. The predicted molar refractivity (Wildman–Crippen MR) is 48.2 cm³/mol. The van der Waals surface area contributed by atoms with Crippen LogP contribution in [0.3, 0.4) is 0 Å². The maximum Gasteiger partial charge on any atom is 0.187 e. The maximum atomic E-state index is 9.61. The normalized spacial score (nSPS) is 15.5. The van der Waals surface area contributed by atoms with Crippen LogP contribution >= 0.6 is 0 Å². The number of hydrogen-bond donors (Lipinski definition) is 1. The lowest BCUT2D eigenvalue weighted by Gasteiger charge is -2.43. The van der Waals surface area contributed by atoms with E-state index in [9.17, 15) is 5.11 Å². The van der Waals surface area contributed by atoms with Crippen molar-refractivity contribution >= 4 is 0 Å². The number of aliphatic hydroxyl groups is 1. The van der Waals surface area contributed by atoms with Crippen molar-refractivity contribution in [2.24, 2.45) is 0 Å². The molecule has 0 fully saturated rings. The third kappa shape index (κ3) is 1.94. The summed E-state index contributed by atoms with van der Waals surface area (Å²) in [6.07, 6.45) is -0.245. The minimum Gasteiger partial charge on any atom is -0.345 e. The lowest BCUT2D eigenvalue weighted by molar-refractivity contribution is -0.984. The molecule has 0 aromatic heterocycles. The Kier molecular flexibility index (Phi) is 4.04. The summed E-state index contributed by atoms with van der Waals surface area (Å²) in [4.78, 5) is 0. The molecule has 0 radical (unpaired) electrons. The highest BCUT2D eigenvalue weighted by atomic mass is 16.3. The summed E-state index contributed by atoms with van der Waals surface area (Å²) in [6, 6.07) is 0.505. The Labute approximate surface area is 70.4 Å². The summed E-state index contributed by atoms with van der Waals surface area (Å²) in [5.41, 5.74) is 0. The van der Waals surface area contributed by atoms with Gasteiger partial charge < -0.3 is 5.11 Å². The van der Waals surface area contributed by atoms with Crippen LogP contribution in [0.1, 0.15) is 34.6 Å². The Hall–Kier alpha value is -0.0800. The third-order valence-corrected chi connectivity index (χ3v) is 2.95. The summed E-state index contributed by atoms with van der Waals surface area (Å²) in [7, 11) is 0. The Bertz CT molecular complexity index is 96.1. The van der Waals surface area contributed by atoms with Gasteiger partial charge in [-0.1, -0.05) is 0 Å². The molecule has 0 spiro atoms. The first kappa shape index (κ1) is 10.9. The van der Waals surface area contributed by atoms with Gasteiger partial charge in [-0.25, -0.2) is 0 Å². The first-order valence-electron chi connectivity index (χ1n) is 4.55. The van der Waals surface area contributed by atoms with E-state index < -0.39 is 0 Å². The van der Waals surface area contributed by atoms with Gasteiger partial charge in [-0.05, 0) is 27.7 Å². The molecule has 0 rings (SSSR count). The molecule has 0 saturated carbocycles. The minimum atomic E-state index is -0.245. The number of rotatable bonds is 4. The molecule has 1 atom stereocenters. The van der Waals surface area contributed by atoms with Crippen LogP contribution < -0.4 is 0 Å². The number of aliphatic hydroxyl groups excluding tert-OH is 1. The van der Waals surface area contributed by atoms with E-state index in [1.807, 2.05) is 6.92 Å². The van der Waals surface area contributed by atoms with Crippen molar-refractivity contribution in [3.63, 3.8) is 0 Å². The molecule has 1 N–H and O–H groups in total. The molecule has 2 nitrogen and oxygen atoms in total. The second kappa shape index (κ2) is 4.07. The van der Waals surface area contributed by atoms with Gasteiger partial charge in [-0.15, -0.1) is 0 Å². The second-order valence-electron chi connectivity index (χ2n) is 3.46. The minimum absolute atomic E-state index is 0.245. The van der Waals surface area contributed by atoms with Crippen LogP contribution in [0, 0.1) is 0 Å². The van der Waals surface area contributed by atoms with Crippen LogP contribution in [0.15, 0.2) is 0 Å². The molecule has 0 heterocycles. The summed E-state index contributed by atoms with van der Waals surface area (Å²) >= 11 is 0. The zero-order valence-corrected chi connectivity index (χ0v) is 8.46. The second-order valence-corrected chi connectivity index (χ2v) is 3.46. The fraction of sp³-hybridized carbons (Fsp3) is 1.00. The van der Waals surface area contributed by atoms with Gasteiger partial charge in [0.25, 0.3) is 0 Å². The van der Waals surface area contributed by atoms with Crippen molar-refractivity contribution in [2.45, 2.75) is 46.9 Å². The zero-order valence-electron chi connectivity index (χ0n) is 8.46. The standard InChI is InChI=1S/C9H22NO/c1-6-10(7-2,8(3)4)9(5)11/h8-9,11H,6-7H2,1-5H3/q+1. The molecule has 0 bridgehead atoms. The average molecular weight is 160 g/mol. The van der Waals surface area contributed by atoms with E-state index in [0.717, 1.165) is 17.6 Å². The average Bonchev–Trinajstić information content (AvgIpc) is 1.90. The molecular weight excluding hydrogens is 138 g/mol. The molecule has 0 aliphatic carbocycles. The lowest BCUT2D eigenvalue weighted by Crippen LogP contribution is -2.58. The van der Waals surface area contributed by atoms with Gasteiger partial charge in [0.15, 0.2) is 6.23 Å². The molecule has 68 valence electrons. The Balaban J connectivity index is 4.46. The van der Waals surface area contributed by atoms with Gasteiger partial charge in [0.1, 0.15) is 0 Å². The largest absolute Gasteiger partial charge is 0.345 e. The van der Waals surface area contributed by atoms with Crippen LogP contribution in [0.25, 0.3) is 0 Å². The van der Waals surface area contributed by atoms with Crippen molar-refractivity contribution in [1.82, 2.24) is 0 Å². The smallest absolute Gasteiger partial charge is 0.187 e. The summed E-state index contributed by atoms with van der Waals surface area (Å²) in [5.74, 6) is 0. The van der Waals surface area contributed by atoms with Gasteiger partial charge in [0.2, 0.25) is 0 Å². The summed E-state index contributed by atoms with van der Waals surface area (Å²) < 4.78 is 0.806. The molecule has 0 saturated heterocycles. The number of hydrogen-bond acceptors (Lipinski definition) is 1. The Morgan fingerprint density at radius 2 is 1.45 bits per heavy atom. The van der Waals surface area contributed by atoms with Crippen molar-refractivity contribution in [3.05, 3.63) is 0 Å². The zero-order chi connectivity index (χ0) is 9.07. The van der Waals surface area contributed by atoms with Crippen LogP contribution in [-0.4, -0.2) is 34.9 Å². The van der Waals surface area contributed by atoms with Crippen LogP contribution in [-0.2, 0) is 0 Å². The van der Waals surface area contributed by atoms with Crippen molar-refractivity contribution in [3.8, 4) is 0 Å². The molecule has 11 heavy (non-hydrogen) atoms. The van der Waals surface area contributed by atoms with E-state index in [0.29, 0.717) is 6.04 Å². The Morgan fingerprint density at radius 3 is 1.45 bits per heavy atom. The van der Waals surface area contributed by atoms with Gasteiger partial charge in [0, 0.05) is 6.92 Å². The van der Waals surface area contributed by atoms with Crippen molar-refractivity contribution in [1.29, 1.82) is 0 Å². The number of nitrogens with zero attached hydrogens (tertiary/aromatic N) is 1. The summed E-state index contributed by atoms with van der Waals surface area (Å²) in [5, 5.41) is 9.61. The summed E-state index contributed by atoms with van der Waals surface area (Å²) in [6.45, 7) is 12.5. The third-order valence-electron chi connectivity index (χ3n) is 2.95. The van der Waals surface area contributed by atoms with E-state index in [-0.39, 0.29) is 6.23 Å². The fourth-order valence-electron chi connectivity index (χ4n) is 1.91. The highest BCUT2D eigenvalue weighted by molar-refractivity contribution is 4.46. The molecule has 1 unspecified atom stereocenters. The topological polar surface area (TPSA) is 20.2 Å². The SMILES string of the molecule is CC[N+](CC)(C(C)C)C(C)O. The van der Waals surface area contributed by atoms with Crippen molar-refractivity contribution in [2.75, 3.05) is 13.1 Å². The molecule has 0 aromatic carbocycles. The monoisotopic (exact) mass is 160 g/mol. The molecule has 0 aliphatic rings. The van der Waals surface area contributed by atoms with Gasteiger partial charge in [-0.3, -0.25) is 4.48 Å². The lowest BCUT2D eigenvalue weighted by atomic mass is 10.2. The first-order chi connectivity index (χ1) is 5.01. The molecule has 0 aromatic rings. The van der Waals surface area contributed by atoms with E-state index in [4.69, 9.17) is 0 Å². The van der Waals surface area contributed by atoms with Crippen LogP contribution in [0.4, 0.5) is 0 Å². The van der Waals surface area contributed by atoms with E-state index in [1.165, 1.54) is 0 Å². The predicted octanol–water partition coefficient (Wildman–Crippen LogP) is 1.59. The van der Waals surface area contributed by atoms with E-state index in [2.05, 4.69) is 27.7 Å². The van der Waals surface area contributed by atoms with Crippen molar-refractivity contribution < 1.29 is 9.59 Å². The molecule has 2 heteroatoms. The maximum absolute atomic E-state index is 9.61. The fourth-order valence-corrected chi connectivity index (χ4v) is 1.91. The van der Waals surface area contributed by atoms with E-state index in [1.54, 1.807) is 0 Å². The van der Waals surface area contributed by atoms with Gasteiger partial charge in [-0.2, -0.15) is 0 Å². The van der Waals surface area contributed by atoms with Gasteiger partial charge in [0.05, 0.1) is 19.1 Å². The highest BCUT2D eigenvalue weighted by Crippen LogP contribution is 2.16. The quantitative estimate of drug-likeness (QED) is 0.489. The molecule has 0 amide bonds. The Morgan fingerprint density at radius 1 is 1.09 bits per heavy atom. The molecule has 0 aliphatic heterocycles. The first-order valence-corrected chi connectivity index (χ1v) is 4.55. The number of quaternary nitrogens is 1. The van der Waals surface area contributed by atoms with Crippen LogP contribution in [0.2, 0.25) is 0 Å². The van der Waals surface area contributed by atoms with Crippen LogP contribution in [0.5, 0.6) is 0 Å². The van der Waals surface area contributed by atoms with E-state index >= 15 is 0 Å².